The Morgan fingerprint density at radius 1 is 0.839 bits per heavy atom. The molecule has 0 fully saturated rings. The summed E-state index contributed by atoms with van der Waals surface area (Å²) in [4.78, 5) is 62.1. The standard InChI is InChI=1S/C40H42N12O4/c1-4-51-34-28(23(3)48-51)18-24-8-7-9-25(17-24)21-52-33(16-22(2)47-52)37(55)45-39-43-29-19-26(35(41)53)10-12-31(29)49(39)14-5-6-15-50-32-13-11-27(36(42)54)20-30(32)44-40(50)46-38(34)56/h7-9,11,13,16-17,19-20H,4-6,10,12,14-15,18,21H2,1-3H3,(H2,41,53)(H2,42,54)(H,43,45,55)(H,44,46,56). The molecule has 1 aliphatic heterocycles. The fourth-order valence-corrected chi connectivity index (χ4v) is 7.75. The van der Waals surface area contributed by atoms with Crippen LogP contribution >= 0.6 is 0 Å². The van der Waals surface area contributed by atoms with Crippen molar-refractivity contribution in [1.29, 1.82) is 0 Å². The topological polar surface area (TPSA) is 216 Å². The number of aromatic nitrogens is 8. The van der Waals surface area contributed by atoms with Gasteiger partial charge in [-0.15, -0.1) is 0 Å². The van der Waals surface area contributed by atoms with Crippen LogP contribution in [0.5, 0.6) is 0 Å². The predicted molar refractivity (Wildman–Crippen MR) is 209 cm³/mol. The van der Waals surface area contributed by atoms with Gasteiger partial charge in [0, 0.05) is 48.4 Å². The number of primary amides is 2. The van der Waals surface area contributed by atoms with Crippen LogP contribution in [-0.4, -0.2) is 62.3 Å². The number of nitrogens with one attached hydrogen (secondary N) is 2. The van der Waals surface area contributed by atoms with E-state index in [2.05, 4.69) is 15.7 Å². The summed E-state index contributed by atoms with van der Waals surface area (Å²) in [7, 11) is 0. The molecule has 0 saturated carbocycles. The van der Waals surface area contributed by atoms with Crippen LogP contribution in [0, 0.1) is 13.8 Å². The molecule has 0 radical (unpaired) electrons. The van der Waals surface area contributed by atoms with E-state index in [9.17, 15) is 19.2 Å². The van der Waals surface area contributed by atoms with Crippen molar-refractivity contribution in [2.75, 3.05) is 10.6 Å². The lowest BCUT2D eigenvalue weighted by Crippen LogP contribution is -2.22. The van der Waals surface area contributed by atoms with Crippen molar-refractivity contribution in [3.8, 4) is 0 Å². The van der Waals surface area contributed by atoms with Crippen molar-refractivity contribution in [3.05, 3.63) is 111 Å². The van der Waals surface area contributed by atoms with E-state index >= 15 is 0 Å². The van der Waals surface area contributed by atoms with Crippen molar-refractivity contribution in [3.63, 3.8) is 0 Å². The van der Waals surface area contributed by atoms with Crippen molar-refractivity contribution >= 4 is 52.6 Å². The second-order valence-corrected chi connectivity index (χ2v) is 14.3. The average molecular weight is 755 g/mol. The third kappa shape index (κ3) is 6.73. The zero-order valence-electron chi connectivity index (χ0n) is 31.4. The molecule has 2 aliphatic rings. The van der Waals surface area contributed by atoms with Crippen LogP contribution < -0.4 is 22.1 Å². The Kier molecular flexibility index (Phi) is 9.31. The first-order valence-corrected chi connectivity index (χ1v) is 18.7. The summed E-state index contributed by atoms with van der Waals surface area (Å²) >= 11 is 0. The maximum absolute atomic E-state index is 14.3. The number of aryl methyl sites for hydroxylation is 4. The summed E-state index contributed by atoms with van der Waals surface area (Å²) in [5.74, 6) is -1.10. The largest absolute Gasteiger partial charge is 0.366 e. The van der Waals surface area contributed by atoms with Gasteiger partial charge < -0.3 is 20.6 Å². The lowest BCUT2D eigenvalue weighted by atomic mass is 9.99. The lowest BCUT2D eigenvalue weighted by molar-refractivity contribution is -0.114. The van der Waals surface area contributed by atoms with Gasteiger partial charge in [-0.2, -0.15) is 10.2 Å². The van der Waals surface area contributed by atoms with Gasteiger partial charge in [-0.1, -0.05) is 24.3 Å². The average Bonchev–Trinajstić information content (AvgIpc) is 3.90. The molecule has 16 nitrogen and oxygen atoms in total. The second kappa shape index (κ2) is 14.4. The molecule has 4 amide bonds. The number of hydrogen-bond donors (Lipinski definition) is 4. The molecule has 1 aliphatic carbocycles. The van der Waals surface area contributed by atoms with Crippen molar-refractivity contribution in [1.82, 2.24) is 38.7 Å². The summed E-state index contributed by atoms with van der Waals surface area (Å²) in [5.41, 5.74) is 19.7. The first-order valence-electron chi connectivity index (χ1n) is 18.7. The van der Waals surface area contributed by atoms with Crippen LogP contribution in [0.2, 0.25) is 0 Å². The number of carbonyl (C=O) groups is 4. The lowest BCUT2D eigenvalue weighted by Gasteiger charge is -2.16. The van der Waals surface area contributed by atoms with Gasteiger partial charge in [0.2, 0.25) is 23.7 Å². The van der Waals surface area contributed by atoms with Gasteiger partial charge in [-0.3, -0.25) is 39.2 Å². The number of imidazole rings is 2. The van der Waals surface area contributed by atoms with Crippen LogP contribution in [0.4, 0.5) is 11.9 Å². The van der Waals surface area contributed by atoms with Crippen molar-refractivity contribution in [2.24, 2.45) is 11.5 Å². The monoisotopic (exact) mass is 754 g/mol. The number of rotatable bonds is 3. The number of amides is 4. The molecule has 2 bridgehead atoms. The number of nitrogens with two attached hydrogens (primary N) is 2. The molecule has 0 saturated heterocycles. The Morgan fingerprint density at radius 3 is 2.36 bits per heavy atom. The molecule has 0 atom stereocenters. The van der Waals surface area contributed by atoms with Crippen molar-refractivity contribution in [2.45, 2.75) is 79.1 Å². The predicted octanol–water partition coefficient (Wildman–Crippen LogP) is 4.11. The Hall–Kier alpha value is -6.84. The van der Waals surface area contributed by atoms with Crippen LogP contribution in [-0.2, 0) is 43.8 Å². The van der Waals surface area contributed by atoms with E-state index in [-0.39, 0.29) is 11.8 Å². The maximum Gasteiger partial charge on any atom is 0.276 e. The zero-order valence-corrected chi connectivity index (χ0v) is 31.4. The highest BCUT2D eigenvalue weighted by Crippen LogP contribution is 2.29. The molecule has 6 aromatic rings. The molecule has 2 aromatic carbocycles. The van der Waals surface area contributed by atoms with E-state index in [0.29, 0.717) is 110 Å². The van der Waals surface area contributed by atoms with E-state index in [1.165, 1.54) is 0 Å². The number of fused-ring (bicyclic) bond motifs is 10. The summed E-state index contributed by atoms with van der Waals surface area (Å²) in [6.07, 6.45) is 4.42. The number of benzene rings is 2. The zero-order chi connectivity index (χ0) is 39.2. The van der Waals surface area contributed by atoms with E-state index < -0.39 is 11.8 Å². The first-order chi connectivity index (χ1) is 27.0. The first kappa shape index (κ1) is 36.2. The Balaban J connectivity index is 1.23. The smallest absolute Gasteiger partial charge is 0.276 e. The summed E-state index contributed by atoms with van der Waals surface area (Å²) < 4.78 is 7.31. The van der Waals surface area contributed by atoms with E-state index in [1.807, 2.05) is 54.2 Å². The molecule has 8 rings (SSSR count). The minimum atomic E-state index is -0.577. The van der Waals surface area contributed by atoms with Crippen LogP contribution in [0.25, 0.3) is 17.1 Å². The quantitative estimate of drug-likeness (QED) is 0.206. The maximum atomic E-state index is 14.3. The highest BCUT2D eigenvalue weighted by atomic mass is 16.2. The van der Waals surface area contributed by atoms with Gasteiger partial charge in [0.15, 0.2) is 0 Å². The van der Waals surface area contributed by atoms with Gasteiger partial charge >= 0.3 is 0 Å². The molecule has 0 spiro atoms. The fourth-order valence-electron chi connectivity index (χ4n) is 7.75. The molecule has 4 aromatic heterocycles. The third-order valence-electron chi connectivity index (χ3n) is 10.5. The Bertz CT molecular complexity index is 2620. The number of carbonyl (C=O) groups excluding carboxylic acids is 4. The number of anilines is 2. The van der Waals surface area contributed by atoms with Crippen LogP contribution in [0.15, 0.2) is 54.1 Å². The summed E-state index contributed by atoms with van der Waals surface area (Å²) in [5, 5.41) is 15.5. The Morgan fingerprint density at radius 2 is 1.59 bits per heavy atom. The summed E-state index contributed by atoms with van der Waals surface area (Å²) in [6.45, 7) is 7.46. The van der Waals surface area contributed by atoms with E-state index in [0.717, 1.165) is 33.6 Å². The third-order valence-corrected chi connectivity index (χ3v) is 10.5. The highest BCUT2D eigenvalue weighted by Gasteiger charge is 2.27. The van der Waals surface area contributed by atoms with Gasteiger partial charge in [0.05, 0.1) is 34.7 Å². The van der Waals surface area contributed by atoms with E-state index in [1.54, 1.807) is 39.7 Å². The minimum Gasteiger partial charge on any atom is -0.366 e. The molecular formula is C40H42N12O4. The number of hydrogen-bond acceptors (Lipinski definition) is 8. The highest BCUT2D eigenvalue weighted by molar-refractivity contribution is 6.05. The fraction of sp³-hybridized carbons (Fsp3) is 0.300. The van der Waals surface area contributed by atoms with Gasteiger partial charge in [-0.05, 0) is 87.9 Å². The van der Waals surface area contributed by atoms with Gasteiger partial charge in [0.25, 0.3) is 11.8 Å². The molecule has 6 N–H and O–H groups in total. The van der Waals surface area contributed by atoms with Crippen LogP contribution in [0.3, 0.4) is 0 Å². The Labute approximate surface area is 321 Å². The molecule has 56 heavy (non-hydrogen) atoms. The SMILES string of the molecule is CCn1nc(C)c2c1C(=O)Nc1nc3cc(C(N)=O)ccc3n1CCCCn1c(nc3c1CCC(C(N)=O)=C3)NC(=O)c1cc(C)nn1Cc1cccc(c1)C2. The molecule has 5 heterocycles. The summed E-state index contributed by atoms with van der Waals surface area (Å²) in [6, 6.07) is 14.8. The molecule has 16 heteroatoms. The van der Waals surface area contributed by atoms with Gasteiger partial charge in [0.1, 0.15) is 11.4 Å². The molecular weight excluding hydrogens is 713 g/mol. The van der Waals surface area contributed by atoms with E-state index in [4.69, 9.17) is 26.5 Å². The normalized spacial score (nSPS) is 14.9. The van der Waals surface area contributed by atoms with Crippen LogP contribution in [0.1, 0.15) is 97.0 Å². The van der Waals surface area contributed by atoms with Crippen molar-refractivity contribution < 1.29 is 19.2 Å². The molecule has 286 valence electrons. The van der Waals surface area contributed by atoms with Gasteiger partial charge in [-0.25, -0.2) is 9.97 Å². The minimum absolute atomic E-state index is 0.309. The second-order valence-electron chi connectivity index (χ2n) is 14.3. The number of nitrogens with zero attached hydrogens (tertiary/aromatic N) is 8. The molecule has 0 unspecified atom stereocenters.